The van der Waals surface area contributed by atoms with E-state index in [-0.39, 0.29) is 5.91 Å². The molecule has 7 nitrogen and oxygen atoms in total. The van der Waals surface area contributed by atoms with Crippen LogP contribution < -0.4 is 14.8 Å². The number of amides is 1. The molecule has 0 saturated carbocycles. The van der Waals surface area contributed by atoms with Crippen LogP contribution in [0.1, 0.15) is 28.0 Å². The first-order chi connectivity index (χ1) is 12.6. The van der Waals surface area contributed by atoms with E-state index in [0.29, 0.717) is 40.9 Å². The number of hydrogen-bond acceptors (Lipinski definition) is 7. The molecule has 0 radical (unpaired) electrons. The number of benzene rings is 1. The van der Waals surface area contributed by atoms with E-state index in [2.05, 4.69) is 15.5 Å². The van der Waals surface area contributed by atoms with Crippen molar-refractivity contribution in [2.24, 2.45) is 0 Å². The monoisotopic (exact) mass is 373 g/mol. The smallest absolute Gasteiger partial charge is 0.259 e. The van der Waals surface area contributed by atoms with Gasteiger partial charge in [0.05, 0.1) is 30.3 Å². The second-order valence-corrected chi connectivity index (χ2v) is 6.70. The number of thiophene rings is 1. The highest BCUT2D eigenvalue weighted by Gasteiger charge is 2.19. The fraction of sp³-hybridized carbons (Fsp3) is 0.278. The molecule has 0 saturated heterocycles. The molecule has 26 heavy (non-hydrogen) atoms. The largest absolute Gasteiger partial charge is 0.493 e. The number of aryl methyl sites for hydroxylation is 2. The highest BCUT2D eigenvalue weighted by Crippen LogP contribution is 2.35. The van der Waals surface area contributed by atoms with Gasteiger partial charge in [0.25, 0.3) is 5.91 Å². The molecule has 0 atom stereocenters. The van der Waals surface area contributed by atoms with Gasteiger partial charge in [-0.15, -0.1) is 11.3 Å². The van der Waals surface area contributed by atoms with Crippen LogP contribution in [0.25, 0.3) is 10.7 Å². The minimum atomic E-state index is -0.282. The number of ether oxygens (including phenoxy) is 2. The standard InChI is InChI=1S/C18H19N3O4S/c1-5-15-20-17(21-25-15)14-9-12(10(2)26-14)19-18(22)11-7-6-8-13(23-3)16(11)24-4/h6-9H,5H2,1-4H3,(H,19,22). The van der Waals surface area contributed by atoms with Crippen molar-refractivity contribution >= 4 is 22.9 Å². The van der Waals surface area contributed by atoms with Gasteiger partial charge in [-0.25, -0.2) is 0 Å². The minimum absolute atomic E-state index is 0.282. The summed E-state index contributed by atoms with van der Waals surface area (Å²) in [6.07, 6.45) is 0.677. The number of hydrogen-bond donors (Lipinski definition) is 1. The van der Waals surface area contributed by atoms with Crippen LogP contribution >= 0.6 is 11.3 Å². The summed E-state index contributed by atoms with van der Waals surface area (Å²) in [7, 11) is 3.04. The Labute approximate surface area is 154 Å². The molecule has 0 fully saturated rings. The van der Waals surface area contributed by atoms with Crippen LogP contribution in [0.3, 0.4) is 0 Å². The van der Waals surface area contributed by atoms with Crippen molar-refractivity contribution in [1.29, 1.82) is 0 Å². The lowest BCUT2D eigenvalue weighted by Crippen LogP contribution is -2.13. The van der Waals surface area contributed by atoms with Gasteiger partial charge < -0.3 is 19.3 Å². The molecule has 3 rings (SSSR count). The maximum absolute atomic E-state index is 12.7. The molecule has 1 amide bonds. The van der Waals surface area contributed by atoms with E-state index in [1.165, 1.54) is 25.6 Å². The molecule has 0 spiro atoms. The average Bonchev–Trinajstić information content (AvgIpc) is 3.27. The van der Waals surface area contributed by atoms with Crippen LogP contribution in [0.4, 0.5) is 5.69 Å². The third-order valence-corrected chi connectivity index (χ3v) is 4.85. The molecule has 2 heterocycles. The van der Waals surface area contributed by atoms with Crippen molar-refractivity contribution in [3.05, 3.63) is 40.6 Å². The molecule has 1 N–H and O–H groups in total. The highest BCUT2D eigenvalue weighted by atomic mass is 32.1. The maximum atomic E-state index is 12.7. The third kappa shape index (κ3) is 3.41. The van der Waals surface area contributed by atoms with Crippen molar-refractivity contribution in [3.8, 4) is 22.2 Å². The van der Waals surface area contributed by atoms with Crippen LogP contribution in [-0.2, 0) is 6.42 Å². The zero-order valence-corrected chi connectivity index (χ0v) is 15.8. The molecule has 0 aliphatic heterocycles. The van der Waals surface area contributed by atoms with Crippen LogP contribution in [0.2, 0.25) is 0 Å². The lowest BCUT2D eigenvalue weighted by Gasteiger charge is -2.12. The second kappa shape index (κ2) is 7.57. The number of nitrogens with one attached hydrogen (secondary N) is 1. The molecular formula is C18H19N3O4S. The summed E-state index contributed by atoms with van der Waals surface area (Å²) < 4.78 is 15.7. The number of methoxy groups -OCH3 is 2. The normalized spacial score (nSPS) is 10.6. The third-order valence-electron chi connectivity index (χ3n) is 3.80. The van der Waals surface area contributed by atoms with Gasteiger partial charge in [-0.05, 0) is 25.1 Å². The summed E-state index contributed by atoms with van der Waals surface area (Å²) in [5.41, 5.74) is 1.09. The number of nitrogens with zero attached hydrogens (tertiary/aromatic N) is 2. The van der Waals surface area contributed by atoms with Crippen molar-refractivity contribution < 1.29 is 18.8 Å². The predicted octanol–water partition coefficient (Wildman–Crippen LogP) is 3.94. The summed E-state index contributed by atoms with van der Waals surface area (Å²) in [6, 6.07) is 7.01. The van der Waals surface area contributed by atoms with Crippen molar-refractivity contribution in [2.75, 3.05) is 19.5 Å². The number of aromatic nitrogens is 2. The Kier molecular flexibility index (Phi) is 5.22. The highest BCUT2D eigenvalue weighted by molar-refractivity contribution is 7.16. The molecular weight excluding hydrogens is 354 g/mol. The number of para-hydroxylation sites is 1. The van der Waals surface area contributed by atoms with Gasteiger partial charge in [0.2, 0.25) is 11.7 Å². The second-order valence-electron chi connectivity index (χ2n) is 5.44. The fourth-order valence-electron chi connectivity index (χ4n) is 2.47. The van der Waals surface area contributed by atoms with E-state index < -0.39 is 0 Å². The van der Waals surface area contributed by atoms with Gasteiger partial charge in [0, 0.05) is 11.3 Å². The van der Waals surface area contributed by atoms with E-state index in [1.807, 2.05) is 19.9 Å². The van der Waals surface area contributed by atoms with Crippen LogP contribution in [0.15, 0.2) is 28.8 Å². The maximum Gasteiger partial charge on any atom is 0.259 e. The van der Waals surface area contributed by atoms with Gasteiger partial charge in [-0.2, -0.15) is 4.98 Å². The van der Waals surface area contributed by atoms with Gasteiger partial charge in [0.1, 0.15) is 0 Å². The number of rotatable bonds is 6. The van der Waals surface area contributed by atoms with Crippen molar-refractivity contribution in [2.45, 2.75) is 20.3 Å². The number of anilines is 1. The molecule has 0 aliphatic rings. The Bertz CT molecular complexity index is 932. The van der Waals surface area contributed by atoms with Crippen LogP contribution in [-0.4, -0.2) is 30.3 Å². The van der Waals surface area contributed by atoms with Crippen molar-refractivity contribution in [1.82, 2.24) is 10.1 Å². The topological polar surface area (TPSA) is 86.5 Å². The predicted molar refractivity (Wildman–Crippen MR) is 99.2 cm³/mol. The van der Waals surface area contributed by atoms with E-state index in [9.17, 15) is 4.79 Å². The molecule has 1 aromatic carbocycles. The molecule has 0 bridgehead atoms. The molecule has 2 aromatic heterocycles. The van der Waals surface area contributed by atoms with Crippen LogP contribution in [0, 0.1) is 6.92 Å². The van der Waals surface area contributed by atoms with E-state index in [1.54, 1.807) is 18.2 Å². The van der Waals surface area contributed by atoms with Gasteiger partial charge in [-0.3, -0.25) is 4.79 Å². The lowest BCUT2D eigenvalue weighted by atomic mass is 10.1. The molecule has 3 aromatic rings. The molecule has 0 unspecified atom stereocenters. The molecule has 0 aliphatic carbocycles. The van der Waals surface area contributed by atoms with Gasteiger partial charge in [0.15, 0.2) is 11.5 Å². The Morgan fingerprint density at radius 1 is 1.31 bits per heavy atom. The fourth-order valence-corrected chi connectivity index (χ4v) is 3.37. The van der Waals surface area contributed by atoms with Crippen molar-refractivity contribution in [3.63, 3.8) is 0 Å². The first-order valence-electron chi connectivity index (χ1n) is 8.03. The number of carbonyl (C=O) groups is 1. The summed E-state index contributed by atoms with van der Waals surface area (Å²) in [6.45, 7) is 3.87. The molecule has 8 heteroatoms. The lowest BCUT2D eigenvalue weighted by molar-refractivity contribution is 0.102. The first-order valence-corrected chi connectivity index (χ1v) is 8.84. The van der Waals surface area contributed by atoms with Crippen LogP contribution in [0.5, 0.6) is 11.5 Å². The average molecular weight is 373 g/mol. The molecule has 136 valence electrons. The van der Waals surface area contributed by atoms with E-state index >= 15 is 0 Å². The number of carbonyl (C=O) groups excluding carboxylic acids is 1. The van der Waals surface area contributed by atoms with E-state index in [4.69, 9.17) is 14.0 Å². The summed E-state index contributed by atoms with van der Waals surface area (Å²) in [5, 5.41) is 6.89. The Balaban J connectivity index is 1.87. The quantitative estimate of drug-likeness (QED) is 0.704. The summed E-state index contributed by atoms with van der Waals surface area (Å²) >= 11 is 1.49. The Hall–Kier alpha value is -2.87. The van der Waals surface area contributed by atoms with Gasteiger partial charge in [-0.1, -0.05) is 18.1 Å². The first kappa shape index (κ1) is 17.9. The Morgan fingerprint density at radius 2 is 2.12 bits per heavy atom. The summed E-state index contributed by atoms with van der Waals surface area (Å²) in [5.74, 6) is 1.72. The SMILES string of the molecule is CCc1nc(-c2cc(NC(=O)c3cccc(OC)c3OC)c(C)s2)no1. The minimum Gasteiger partial charge on any atom is -0.493 e. The van der Waals surface area contributed by atoms with E-state index in [0.717, 1.165) is 9.75 Å². The summed E-state index contributed by atoms with van der Waals surface area (Å²) in [4.78, 5) is 18.8. The zero-order chi connectivity index (χ0) is 18.7. The Morgan fingerprint density at radius 3 is 2.77 bits per heavy atom. The zero-order valence-electron chi connectivity index (χ0n) is 15.0. The van der Waals surface area contributed by atoms with Gasteiger partial charge >= 0.3 is 0 Å².